The van der Waals surface area contributed by atoms with Crippen molar-refractivity contribution in [3.63, 3.8) is 0 Å². The smallest absolute Gasteiger partial charge is 0.239 e. The highest BCUT2D eigenvalue weighted by atomic mass is 16.5. The number of amides is 1. The predicted octanol–water partition coefficient (Wildman–Crippen LogP) is -0.295. The Morgan fingerprint density at radius 2 is 2.24 bits per heavy atom. The topological polar surface area (TPSA) is 67.6 Å². The Morgan fingerprint density at radius 1 is 1.41 bits per heavy atom. The third-order valence-electron chi connectivity index (χ3n) is 3.37. The van der Waals surface area contributed by atoms with E-state index in [1.807, 2.05) is 0 Å². The molecule has 1 heterocycles. The second-order valence-corrected chi connectivity index (χ2v) is 4.91. The molecule has 0 bridgehead atoms. The van der Waals surface area contributed by atoms with E-state index in [4.69, 9.17) is 10.5 Å². The minimum atomic E-state index is -0.0953. The van der Waals surface area contributed by atoms with E-state index in [-0.39, 0.29) is 11.9 Å². The quantitative estimate of drug-likeness (QED) is 0.627. The zero-order valence-corrected chi connectivity index (χ0v) is 10.4. The summed E-state index contributed by atoms with van der Waals surface area (Å²) in [6, 6.07) is 0.331. The molecule has 1 saturated carbocycles. The Balaban J connectivity index is 1.79. The molecular formula is C12H23N3O2. The Morgan fingerprint density at radius 3 is 2.94 bits per heavy atom. The van der Waals surface area contributed by atoms with Crippen molar-refractivity contribution in [2.24, 2.45) is 5.73 Å². The van der Waals surface area contributed by atoms with Crippen molar-refractivity contribution in [1.82, 2.24) is 10.2 Å². The standard InChI is InChI=1S/C12H23N3O2/c13-5-1-2-6-15-7-8-17-9-11(15)12(16)14-10-3-4-10/h10-11H,1-9,13H2,(H,14,16). The highest BCUT2D eigenvalue weighted by Crippen LogP contribution is 2.19. The van der Waals surface area contributed by atoms with E-state index in [9.17, 15) is 4.79 Å². The summed E-state index contributed by atoms with van der Waals surface area (Å²) in [4.78, 5) is 14.3. The van der Waals surface area contributed by atoms with Crippen LogP contribution in [0.2, 0.25) is 0 Å². The van der Waals surface area contributed by atoms with Gasteiger partial charge in [0.05, 0.1) is 13.2 Å². The summed E-state index contributed by atoms with van der Waals surface area (Å²) in [7, 11) is 0. The molecule has 0 spiro atoms. The molecule has 0 aromatic rings. The van der Waals surface area contributed by atoms with Crippen molar-refractivity contribution in [2.45, 2.75) is 37.8 Å². The molecule has 1 aliphatic carbocycles. The number of hydrogen-bond donors (Lipinski definition) is 2. The fourth-order valence-electron chi connectivity index (χ4n) is 2.13. The summed E-state index contributed by atoms with van der Waals surface area (Å²) in [6.07, 6.45) is 4.34. The van der Waals surface area contributed by atoms with Crippen LogP contribution >= 0.6 is 0 Å². The minimum absolute atomic E-state index is 0.0953. The largest absolute Gasteiger partial charge is 0.378 e. The zero-order valence-electron chi connectivity index (χ0n) is 10.4. The van der Waals surface area contributed by atoms with Crippen molar-refractivity contribution in [3.8, 4) is 0 Å². The van der Waals surface area contributed by atoms with Gasteiger partial charge in [-0.2, -0.15) is 0 Å². The van der Waals surface area contributed by atoms with E-state index in [2.05, 4.69) is 10.2 Å². The lowest BCUT2D eigenvalue weighted by Gasteiger charge is -2.34. The molecule has 1 unspecified atom stereocenters. The van der Waals surface area contributed by atoms with Crippen molar-refractivity contribution in [2.75, 3.05) is 32.8 Å². The van der Waals surface area contributed by atoms with Gasteiger partial charge < -0.3 is 15.8 Å². The Bertz CT molecular complexity index is 256. The normalized spacial score (nSPS) is 25.8. The second-order valence-electron chi connectivity index (χ2n) is 4.91. The van der Waals surface area contributed by atoms with Gasteiger partial charge in [-0.05, 0) is 38.8 Å². The second kappa shape index (κ2) is 6.33. The molecule has 1 saturated heterocycles. The van der Waals surface area contributed by atoms with E-state index < -0.39 is 0 Å². The van der Waals surface area contributed by atoms with Gasteiger partial charge in [0.2, 0.25) is 5.91 Å². The molecule has 3 N–H and O–H groups in total. The van der Waals surface area contributed by atoms with E-state index in [0.29, 0.717) is 12.6 Å². The first kappa shape index (κ1) is 12.8. The van der Waals surface area contributed by atoms with Crippen molar-refractivity contribution < 1.29 is 9.53 Å². The maximum absolute atomic E-state index is 12.0. The van der Waals surface area contributed by atoms with Gasteiger partial charge in [-0.15, -0.1) is 0 Å². The first-order chi connectivity index (χ1) is 8.31. The number of nitrogens with one attached hydrogen (secondary N) is 1. The maximum Gasteiger partial charge on any atom is 0.239 e. The Hall–Kier alpha value is -0.650. The third-order valence-corrected chi connectivity index (χ3v) is 3.37. The number of unbranched alkanes of at least 4 members (excludes halogenated alkanes) is 1. The fraction of sp³-hybridized carbons (Fsp3) is 0.917. The molecule has 2 aliphatic rings. The average molecular weight is 241 g/mol. The summed E-state index contributed by atoms with van der Waals surface area (Å²) < 4.78 is 5.41. The van der Waals surface area contributed by atoms with Crippen LogP contribution in [-0.2, 0) is 9.53 Å². The molecule has 5 nitrogen and oxygen atoms in total. The van der Waals surface area contributed by atoms with Crippen LogP contribution in [-0.4, -0.2) is 55.7 Å². The van der Waals surface area contributed by atoms with Crippen LogP contribution in [0, 0.1) is 0 Å². The number of carbonyl (C=O) groups is 1. The van der Waals surface area contributed by atoms with Gasteiger partial charge in [-0.3, -0.25) is 9.69 Å². The molecule has 2 fully saturated rings. The van der Waals surface area contributed by atoms with Gasteiger partial charge in [-0.1, -0.05) is 0 Å². The summed E-state index contributed by atoms with van der Waals surface area (Å²) in [5.41, 5.74) is 5.49. The SMILES string of the molecule is NCCCCN1CCOCC1C(=O)NC1CC1. The van der Waals surface area contributed by atoms with Crippen LogP contribution in [0.25, 0.3) is 0 Å². The summed E-state index contributed by atoms with van der Waals surface area (Å²) in [5.74, 6) is 0.139. The van der Waals surface area contributed by atoms with E-state index >= 15 is 0 Å². The van der Waals surface area contributed by atoms with E-state index in [1.165, 1.54) is 0 Å². The number of carbonyl (C=O) groups excluding carboxylic acids is 1. The number of rotatable bonds is 6. The zero-order chi connectivity index (χ0) is 12.1. The van der Waals surface area contributed by atoms with Crippen LogP contribution in [0.4, 0.5) is 0 Å². The van der Waals surface area contributed by atoms with Gasteiger partial charge in [0.1, 0.15) is 6.04 Å². The fourth-order valence-corrected chi connectivity index (χ4v) is 2.13. The van der Waals surface area contributed by atoms with Crippen LogP contribution < -0.4 is 11.1 Å². The lowest BCUT2D eigenvalue weighted by atomic mass is 10.2. The molecule has 98 valence electrons. The molecule has 1 amide bonds. The third kappa shape index (κ3) is 3.94. The number of morpholine rings is 1. The molecule has 0 radical (unpaired) electrons. The van der Waals surface area contributed by atoms with Crippen molar-refractivity contribution >= 4 is 5.91 Å². The predicted molar refractivity (Wildman–Crippen MR) is 65.6 cm³/mol. The summed E-state index contributed by atoms with van der Waals surface area (Å²) in [5, 5.41) is 3.06. The Kier molecular flexibility index (Phi) is 4.76. The van der Waals surface area contributed by atoms with Crippen molar-refractivity contribution in [3.05, 3.63) is 0 Å². The van der Waals surface area contributed by atoms with Crippen LogP contribution in [0.5, 0.6) is 0 Å². The number of hydrogen-bond acceptors (Lipinski definition) is 4. The van der Waals surface area contributed by atoms with Crippen LogP contribution in [0.1, 0.15) is 25.7 Å². The summed E-state index contributed by atoms with van der Waals surface area (Å²) in [6.45, 7) is 3.79. The molecule has 1 aliphatic heterocycles. The lowest BCUT2D eigenvalue weighted by molar-refractivity contribution is -0.132. The number of nitrogens with two attached hydrogens (primary N) is 1. The van der Waals surface area contributed by atoms with Crippen LogP contribution in [0.3, 0.4) is 0 Å². The molecule has 17 heavy (non-hydrogen) atoms. The molecule has 1 atom stereocenters. The molecule has 5 heteroatoms. The maximum atomic E-state index is 12.0. The monoisotopic (exact) mass is 241 g/mol. The minimum Gasteiger partial charge on any atom is -0.378 e. The van der Waals surface area contributed by atoms with E-state index in [1.54, 1.807) is 0 Å². The molecular weight excluding hydrogens is 218 g/mol. The lowest BCUT2D eigenvalue weighted by Crippen LogP contribution is -2.54. The summed E-state index contributed by atoms with van der Waals surface area (Å²) >= 11 is 0. The number of nitrogens with zero attached hydrogens (tertiary/aromatic N) is 1. The van der Waals surface area contributed by atoms with Gasteiger partial charge in [-0.25, -0.2) is 0 Å². The first-order valence-corrected chi connectivity index (χ1v) is 6.63. The highest BCUT2D eigenvalue weighted by Gasteiger charge is 2.32. The van der Waals surface area contributed by atoms with Crippen LogP contribution in [0.15, 0.2) is 0 Å². The van der Waals surface area contributed by atoms with Gasteiger partial charge in [0.15, 0.2) is 0 Å². The Labute approximate surface area is 103 Å². The van der Waals surface area contributed by atoms with Crippen molar-refractivity contribution in [1.29, 1.82) is 0 Å². The average Bonchev–Trinajstić information content (AvgIpc) is 3.14. The first-order valence-electron chi connectivity index (χ1n) is 6.63. The number of ether oxygens (including phenoxy) is 1. The van der Waals surface area contributed by atoms with Gasteiger partial charge in [0.25, 0.3) is 0 Å². The molecule has 2 rings (SSSR count). The molecule has 0 aromatic heterocycles. The molecule has 0 aromatic carbocycles. The van der Waals surface area contributed by atoms with Gasteiger partial charge >= 0.3 is 0 Å². The highest BCUT2D eigenvalue weighted by molar-refractivity contribution is 5.82. The van der Waals surface area contributed by atoms with E-state index in [0.717, 1.165) is 51.9 Å². The van der Waals surface area contributed by atoms with Gasteiger partial charge in [0, 0.05) is 12.6 Å².